The Kier molecular flexibility index (Phi) is 7.24. The third-order valence-electron chi connectivity index (χ3n) is 1.41. The molecule has 0 radical (unpaired) electrons. The Morgan fingerprint density at radius 2 is 2.38 bits per heavy atom. The van der Waals surface area contributed by atoms with Crippen molar-refractivity contribution in [1.82, 2.24) is 5.32 Å². The molecule has 0 heterocycles. The average molecular weight is 187 g/mol. The van der Waals surface area contributed by atoms with Gasteiger partial charge in [0.2, 0.25) is 0 Å². The standard InChI is InChI=1S/C9H17NO3/c1-3-13-8(2)7-10-6-4-5-9(11)12/h4-5,8,10H,3,6-7H2,1-2H3,(H,11,12)/b5-4+. The summed E-state index contributed by atoms with van der Waals surface area (Å²) >= 11 is 0. The number of hydrogen-bond acceptors (Lipinski definition) is 3. The molecule has 1 unspecified atom stereocenters. The van der Waals surface area contributed by atoms with Gasteiger partial charge < -0.3 is 15.2 Å². The molecule has 0 aromatic rings. The fourth-order valence-corrected chi connectivity index (χ4v) is 0.873. The van der Waals surface area contributed by atoms with Crippen LogP contribution in [0.3, 0.4) is 0 Å². The monoisotopic (exact) mass is 187 g/mol. The number of carboxylic acid groups (broad SMARTS) is 1. The van der Waals surface area contributed by atoms with Crippen molar-refractivity contribution in [3.05, 3.63) is 12.2 Å². The van der Waals surface area contributed by atoms with Gasteiger partial charge in [-0.3, -0.25) is 0 Å². The summed E-state index contributed by atoms with van der Waals surface area (Å²) < 4.78 is 5.27. The first kappa shape index (κ1) is 12.1. The molecule has 0 aliphatic heterocycles. The van der Waals surface area contributed by atoms with Gasteiger partial charge in [0, 0.05) is 25.8 Å². The molecule has 0 fully saturated rings. The Balaban J connectivity index is 3.29. The van der Waals surface area contributed by atoms with E-state index in [4.69, 9.17) is 9.84 Å². The Bertz CT molecular complexity index is 168. The molecule has 0 spiro atoms. The average Bonchev–Trinajstić information content (AvgIpc) is 2.03. The van der Waals surface area contributed by atoms with Gasteiger partial charge in [0.05, 0.1) is 6.10 Å². The number of hydrogen-bond donors (Lipinski definition) is 2. The third-order valence-corrected chi connectivity index (χ3v) is 1.41. The maximum absolute atomic E-state index is 10.1. The van der Waals surface area contributed by atoms with Crippen LogP contribution in [0.1, 0.15) is 13.8 Å². The summed E-state index contributed by atoms with van der Waals surface area (Å²) in [7, 11) is 0. The van der Waals surface area contributed by atoms with Gasteiger partial charge in [-0.05, 0) is 13.8 Å². The normalized spacial score (nSPS) is 13.4. The number of carbonyl (C=O) groups is 1. The Hall–Kier alpha value is -0.870. The first-order chi connectivity index (χ1) is 6.16. The summed E-state index contributed by atoms with van der Waals surface area (Å²) in [4.78, 5) is 10.1. The highest BCUT2D eigenvalue weighted by atomic mass is 16.5. The SMILES string of the molecule is CCOC(C)CNC/C=C/C(=O)O. The van der Waals surface area contributed by atoms with E-state index < -0.39 is 5.97 Å². The molecule has 0 saturated heterocycles. The molecule has 0 amide bonds. The lowest BCUT2D eigenvalue weighted by atomic mass is 10.4. The second kappa shape index (κ2) is 7.76. The van der Waals surface area contributed by atoms with Gasteiger partial charge in [0.1, 0.15) is 0 Å². The fraction of sp³-hybridized carbons (Fsp3) is 0.667. The van der Waals surface area contributed by atoms with Crippen LogP contribution in [0.5, 0.6) is 0 Å². The number of nitrogens with one attached hydrogen (secondary N) is 1. The van der Waals surface area contributed by atoms with Crippen LogP contribution >= 0.6 is 0 Å². The Labute approximate surface area is 78.6 Å². The number of rotatable bonds is 7. The van der Waals surface area contributed by atoms with Crippen molar-refractivity contribution < 1.29 is 14.6 Å². The molecule has 0 aromatic carbocycles. The molecule has 2 N–H and O–H groups in total. The van der Waals surface area contributed by atoms with E-state index in [1.165, 1.54) is 0 Å². The maximum atomic E-state index is 10.1. The highest BCUT2D eigenvalue weighted by Gasteiger charge is 1.97. The zero-order valence-corrected chi connectivity index (χ0v) is 8.12. The first-order valence-electron chi connectivity index (χ1n) is 4.38. The van der Waals surface area contributed by atoms with E-state index in [9.17, 15) is 4.79 Å². The molecule has 4 nitrogen and oxygen atoms in total. The van der Waals surface area contributed by atoms with Gasteiger partial charge in [-0.15, -0.1) is 0 Å². The molecule has 0 aliphatic rings. The molecule has 0 rings (SSSR count). The topological polar surface area (TPSA) is 58.6 Å². The zero-order chi connectivity index (χ0) is 10.1. The van der Waals surface area contributed by atoms with Crippen molar-refractivity contribution in [2.24, 2.45) is 0 Å². The predicted molar refractivity (Wildman–Crippen MR) is 50.7 cm³/mol. The molecular weight excluding hydrogens is 170 g/mol. The summed E-state index contributed by atoms with van der Waals surface area (Å²) in [6, 6.07) is 0. The highest BCUT2D eigenvalue weighted by molar-refractivity contribution is 5.79. The van der Waals surface area contributed by atoms with Crippen LogP contribution in [-0.4, -0.2) is 36.9 Å². The van der Waals surface area contributed by atoms with E-state index in [0.29, 0.717) is 13.2 Å². The minimum atomic E-state index is -0.917. The molecule has 4 heteroatoms. The molecular formula is C9H17NO3. The maximum Gasteiger partial charge on any atom is 0.328 e. The summed E-state index contributed by atoms with van der Waals surface area (Å²) in [5.41, 5.74) is 0. The van der Waals surface area contributed by atoms with Crippen molar-refractivity contribution in [2.75, 3.05) is 19.7 Å². The summed E-state index contributed by atoms with van der Waals surface area (Å²) in [6.45, 7) is 5.91. The second-order valence-electron chi connectivity index (χ2n) is 2.66. The van der Waals surface area contributed by atoms with E-state index in [1.807, 2.05) is 13.8 Å². The minimum Gasteiger partial charge on any atom is -0.478 e. The van der Waals surface area contributed by atoms with Gasteiger partial charge in [-0.25, -0.2) is 4.79 Å². The van der Waals surface area contributed by atoms with Gasteiger partial charge in [-0.2, -0.15) is 0 Å². The van der Waals surface area contributed by atoms with Crippen LogP contribution in [0.4, 0.5) is 0 Å². The van der Waals surface area contributed by atoms with Gasteiger partial charge in [-0.1, -0.05) is 6.08 Å². The van der Waals surface area contributed by atoms with Crippen LogP contribution in [0.2, 0.25) is 0 Å². The van der Waals surface area contributed by atoms with Crippen molar-refractivity contribution in [3.8, 4) is 0 Å². The molecule has 0 aliphatic carbocycles. The van der Waals surface area contributed by atoms with Gasteiger partial charge >= 0.3 is 5.97 Å². The van der Waals surface area contributed by atoms with Crippen molar-refractivity contribution in [1.29, 1.82) is 0 Å². The van der Waals surface area contributed by atoms with Crippen molar-refractivity contribution >= 4 is 5.97 Å². The van der Waals surface area contributed by atoms with Crippen LogP contribution in [0.15, 0.2) is 12.2 Å². The fourth-order valence-electron chi connectivity index (χ4n) is 0.873. The lowest BCUT2D eigenvalue weighted by molar-refractivity contribution is -0.131. The van der Waals surface area contributed by atoms with E-state index in [1.54, 1.807) is 6.08 Å². The first-order valence-corrected chi connectivity index (χ1v) is 4.38. The molecule has 0 bridgehead atoms. The van der Waals surface area contributed by atoms with Crippen molar-refractivity contribution in [3.63, 3.8) is 0 Å². The quantitative estimate of drug-likeness (QED) is 0.453. The van der Waals surface area contributed by atoms with Crippen LogP contribution in [-0.2, 0) is 9.53 Å². The molecule has 76 valence electrons. The molecule has 13 heavy (non-hydrogen) atoms. The number of carboxylic acids is 1. The number of ether oxygens (including phenoxy) is 1. The van der Waals surface area contributed by atoms with Crippen molar-refractivity contribution in [2.45, 2.75) is 20.0 Å². The second-order valence-corrected chi connectivity index (χ2v) is 2.66. The van der Waals surface area contributed by atoms with E-state index in [2.05, 4.69) is 5.32 Å². The smallest absolute Gasteiger partial charge is 0.328 e. The number of aliphatic carboxylic acids is 1. The van der Waals surface area contributed by atoms with Crippen LogP contribution in [0, 0.1) is 0 Å². The molecule has 0 aromatic heterocycles. The Morgan fingerprint density at radius 1 is 1.69 bits per heavy atom. The minimum absolute atomic E-state index is 0.170. The zero-order valence-electron chi connectivity index (χ0n) is 8.12. The van der Waals surface area contributed by atoms with E-state index >= 15 is 0 Å². The van der Waals surface area contributed by atoms with Gasteiger partial charge in [0.15, 0.2) is 0 Å². The summed E-state index contributed by atoms with van der Waals surface area (Å²) in [6.07, 6.45) is 2.86. The largest absolute Gasteiger partial charge is 0.478 e. The van der Waals surface area contributed by atoms with Gasteiger partial charge in [0.25, 0.3) is 0 Å². The predicted octanol–water partition coefficient (Wildman–Crippen LogP) is 0.642. The highest BCUT2D eigenvalue weighted by Crippen LogP contribution is 1.86. The summed E-state index contributed by atoms with van der Waals surface area (Å²) in [5.74, 6) is -0.917. The molecule has 1 atom stereocenters. The molecule has 0 saturated carbocycles. The third kappa shape index (κ3) is 9.04. The summed E-state index contributed by atoms with van der Waals surface area (Å²) in [5, 5.41) is 11.3. The van der Waals surface area contributed by atoms with Crippen LogP contribution in [0.25, 0.3) is 0 Å². The van der Waals surface area contributed by atoms with Crippen LogP contribution < -0.4 is 5.32 Å². The van der Waals surface area contributed by atoms with E-state index in [0.717, 1.165) is 12.6 Å². The Morgan fingerprint density at radius 3 is 2.92 bits per heavy atom. The van der Waals surface area contributed by atoms with E-state index in [-0.39, 0.29) is 6.10 Å². The lowest BCUT2D eigenvalue weighted by Crippen LogP contribution is -2.26. The lowest BCUT2D eigenvalue weighted by Gasteiger charge is -2.10.